The average Bonchev–Trinajstić information content (AvgIpc) is 3.51. The van der Waals surface area contributed by atoms with Crippen molar-refractivity contribution in [2.45, 2.75) is 39.0 Å². The molecule has 0 saturated carbocycles. The molecule has 0 fully saturated rings. The number of nitrogens with zero attached hydrogens (tertiary/aromatic N) is 1. The van der Waals surface area contributed by atoms with Crippen molar-refractivity contribution in [2.24, 2.45) is 0 Å². The van der Waals surface area contributed by atoms with Crippen LogP contribution in [-0.4, -0.2) is 33.3 Å². The van der Waals surface area contributed by atoms with E-state index in [2.05, 4.69) is 5.32 Å². The Morgan fingerprint density at radius 3 is 2.56 bits per heavy atom. The zero-order chi connectivity index (χ0) is 32.2. The summed E-state index contributed by atoms with van der Waals surface area (Å²) in [5, 5.41) is 23.3. The van der Waals surface area contributed by atoms with Crippen LogP contribution in [0.4, 0.5) is 8.78 Å². The molecule has 0 bridgehead atoms. The predicted molar refractivity (Wildman–Crippen MR) is 161 cm³/mol. The maximum absolute atomic E-state index is 15.8. The first-order valence-corrected chi connectivity index (χ1v) is 14.1. The van der Waals surface area contributed by atoms with Crippen LogP contribution in [0.5, 0.6) is 5.75 Å². The monoisotopic (exact) mass is 616 g/mol. The van der Waals surface area contributed by atoms with Crippen LogP contribution < -0.4 is 10.9 Å². The van der Waals surface area contributed by atoms with E-state index >= 15 is 8.78 Å². The second-order valence-electron chi connectivity index (χ2n) is 10.4. The van der Waals surface area contributed by atoms with Gasteiger partial charge in [-0.2, -0.15) is 0 Å². The van der Waals surface area contributed by atoms with Gasteiger partial charge < -0.3 is 24.7 Å². The largest absolute Gasteiger partial charge is 0.507 e. The summed E-state index contributed by atoms with van der Waals surface area (Å²) in [6.45, 7) is 2.66. The van der Waals surface area contributed by atoms with Crippen LogP contribution in [0.3, 0.4) is 0 Å². The molecule has 0 aliphatic heterocycles. The maximum atomic E-state index is 15.8. The number of carbonyl (C=O) groups is 2. The van der Waals surface area contributed by atoms with Crippen LogP contribution in [0.2, 0.25) is 0 Å². The maximum Gasteiger partial charge on any atom is 0.308 e. The Morgan fingerprint density at radius 2 is 1.82 bits per heavy atom. The minimum Gasteiger partial charge on any atom is -0.507 e. The molecule has 9 nitrogen and oxygen atoms in total. The average molecular weight is 617 g/mol. The van der Waals surface area contributed by atoms with Gasteiger partial charge in [-0.15, -0.1) is 0 Å². The molecule has 0 aliphatic carbocycles. The second-order valence-corrected chi connectivity index (χ2v) is 10.4. The second kappa shape index (κ2) is 13.1. The number of phenols is 1. The van der Waals surface area contributed by atoms with Crippen molar-refractivity contribution in [3.8, 4) is 16.9 Å². The molecule has 45 heavy (non-hydrogen) atoms. The number of amides is 1. The number of benzene rings is 3. The number of aromatic hydroxyl groups is 1. The Labute approximate surface area is 256 Å². The molecule has 1 unspecified atom stereocenters. The lowest BCUT2D eigenvalue weighted by Crippen LogP contribution is -2.40. The van der Waals surface area contributed by atoms with Gasteiger partial charge in [-0.25, -0.2) is 8.78 Å². The summed E-state index contributed by atoms with van der Waals surface area (Å²) < 4.78 is 42.6. The van der Waals surface area contributed by atoms with Gasteiger partial charge in [-0.1, -0.05) is 24.3 Å². The third kappa shape index (κ3) is 6.34. The van der Waals surface area contributed by atoms with E-state index in [1.54, 1.807) is 31.2 Å². The number of aliphatic hydroxyl groups is 1. The zero-order valence-electron chi connectivity index (χ0n) is 24.4. The molecule has 1 amide bonds. The number of para-hydroxylation sites is 1. The van der Waals surface area contributed by atoms with Gasteiger partial charge in [0.1, 0.15) is 23.4 Å². The Kier molecular flexibility index (Phi) is 9.10. The van der Waals surface area contributed by atoms with Crippen molar-refractivity contribution in [1.82, 2.24) is 9.88 Å². The molecule has 3 N–H and O–H groups in total. The summed E-state index contributed by atoms with van der Waals surface area (Å²) in [6, 6.07) is 13.1. The van der Waals surface area contributed by atoms with Crippen LogP contribution in [-0.2, 0) is 20.9 Å². The number of furan rings is 1. The van der Waals surface area contributed by atoms with Crippen molar-refractivity contribution in [1.29, 1.82) is 0 Å². The standard InChI is InChI=1S/C34H30F2N2O7/c1-3-44-29(41)17-27(25-16-22(14-19(2)30(25)36)23-6-4-5-7-28(23)40)37-33(42)31(24-15-20(18-39)8-9-26(24)35)38-12-10-21-11-13-45-32(21)34(38)43/h4-16,27,31,39-40H,3,17-18H2,1-2H3,(H,37,42)/t27-,31?/m0/s1. The van der Waals surface area contributed by atoms with Gasteiger partial charge in [0.2, 0.25) is 5.91 Å². The van der Waals surface area contributed by atoms with Gasteiger partial charge in [0.15, 0.2) is 5.58 Å². The molecule has 0 radical (unpaired) electrons. The normalized spacial score (nSPS) is 12.6. The SMILES string of the molecule is CCOC(=O)C[C@H](NC(=O)C(c1cc(CO)ccc1F)n1ccc2ccoc2c1=O)c1cc(-c2ccccc2O)cc(C)c1F. The number of carbonyl (C=O) groups excluding carboxylic acids is 2. The Hall–Kier alpha value is -5.29. The Morgan fingerprint density at radius 1 is 1.04 bits per heavy atom. The van der Waals surface area contributed by atoms with Crippen LogP contribution in [0.25, 0.3) is 22.1 Å². The van der Waals surface area contributed by atoms with E-state index in [1.165, 1.54) is 55.8 Å². The predicted octanol–water partition coefficient (Wildman–Crippen LogP) is 5.45. The first-order chi connectivity index (χ1) is 21.6. The van der Waals surface area contributed by atoms with Gasteiger partial charge in [0, 0.05) is 28.3 Å². The van der Waals surface area contributed by atoms with E-state index in [1.807, 2.05) is 0 Å². The lowest BCUT2D eigenvalue weighted by atomic mass is 9.93. The molecule has 0 aliphatic rings. The number of hydrogen-bond donors (Lipinski definition) is 3. The van der Waals surface area contributed by atoms with Crippen LogP contribution in [0.1, 0.15) is 47.7 Å². The Bertz CT molecular complexity index is 1950. The molecule has 0 saturated heterocycles. The summed E-state index contributed by atoms with van der Waals surface area (Å²) in [6.07, 6.45) is 2.11. The molecule has 3 aromatic carbocycles. The highest BCUT2D eigenvalue weighted by Crippen LogP contribution is 2.35. The van der Waals surface area contributed by atoms with Crippen molar-refractivity contribution in [3.63, 3.8) is 0 Å². The molecule has 232 valence electrons. The van der Waals surface area contributed by atoms with E-state index in [9.17, 15) is 24.6 Å². The van der Waals surface area contributed by atoms with E-state index < -0.39 is 54.2 Å². The number of nitrogens with one attached hydrogen (secondary N) is 1. The number of rotatable bonds is 10. The van der Waals surface area contributed by atoms with Gasteiger partial charge in [0.25, 0.3) is 5.56 Å². The summed E-state index contributed by atoms with van der Waals surface area (Å²) >= 11 is 0. The summed E-state index contributed by atoms with van der Waals surface area (Å²) in [5.41, 5.74) is 0.104. The number of phenolic OH excluding ortho intramolecular Hbond substituents is 1. The third-order valence-electron chi connectivity index (χ3n) is 7.47. The van der Waals surface area contributed by atoms with Crippen molar-refractivity contribution in [3.05, 3.63) is 123 Å². The van der Waals surface area contributed by atoms with Crippen LogP contribution in [0, 0.1) is 18.6 Å². The summed E-state index contributed by atoms with van der Waals surface area (Å²) in [7, 11) is 0. The number of aryl methyl sites for hydroxylation is 1. The van der Waals surface area contributed by atoms with Crippen molar-refractivity contribution < 1.29 is 37.7 Å². The summed E-state index contributed by atoms with van der Waals surface area (Å²) in [4.78, 5) is 40.4. The smallest absolute Gasteiger partial charge is 0.308 e. The van der Waals surface area contributed by atoms with Crippen LogP contribution in [0.15, 0.2) is 88.4 Å². The van der Waals surface area contributed by atoms with Crippen molar-refractivity contribution >= 4 is 22.8 Å². The third-order valence-corrected chi connectivity index (χ3v) is 7.47. The lowest BCUT2D eigenvalue weighted by molar-refractivity contribution is -0.143. The molecule has 2 heterocycles. The van der Waals surface area contributed by atoms with Crippen molar-refractivity contribution in [2.75, 3.05) is 6.61 Å². The van der Waals surface area contributed by atoms with Crippen LogP contribution >= 0.6 is 0 Å². The molecular weight excluding hydrogens is 586 g/mol. The molecular formula is C34H30F2N2O7. The highest BCUT2D eigenvalue weighted by atomic mass is 19.1. The van der Waals surface area contributed by atoms with E-state index in [0.717, 1.165) is 10.6 Å². The minimum absolute atomic E-state index is 0.0271. The fourth-order valence-electron chi connectivity index (χ4n) is 5.29. The molecule has 5 rings (SSSR count). The van der Waals surface area contributed by atoms with E-state index in [0.29, 0.717) is 16.5 Å². The molecule has 2 atom stereocenters. The number of halogens is 2. The topological polar surface area (TPSA) is 131 Å². The fraction of sp³-hybridized carbons (Fsp3) is 0.206. The Balaban J connectivity index is 1.65. The molecule has 11 heteroatoms. The fourth-order valence-corrected chi connectivity index (χ4v) is 5.29. The minimum atomic E-state index is -1.66. The van der Waals surface area contributed by atoms with E-state index in [-0.39, 0.29) is 40.2 Å². The first kappa shape index (κ1) is 31.1. The molecule has 2 aromatic heterocycles. The quantitative estimate of drug-likeness (QED) is 0.178. The number of ether oxygens (including phenoxy) is 1. The van der Waals surface area contributed by atoms with Gasteiger partial charge in [-0.05, 0) is 73.0 Å². The zero-order valence-corrected chi connectivity index (χ0v) is 24.4. The van der Waals surface area contributed by atoms with Gasteiger partial charge >= 0.3 is 5.97 Å². The highest BCUT2D eigenvalue weighted by Gasteiger charge is 2.32. The number of fused-ring (bicyclic) bond motifs is 1. The molecule has 0 spiro atoms. The molecule has 5 aromatic rings. The number of aliphatic hydroxyl groups excluding tert-OH is 1. The van der Waals surface area contributed by atoms with E-state index in [4.69, 9.17) is 9.15 Å². The number of hydrogen-bond acceptors (Lipinski definition) is 7. The van der Waals surface area contributed by atoms with Gasteiger partial charge in [0.05, 0.1) is 31.9 Å². The number of pyridine rings is 1. The lowest BCUT2D eigenvalue weighted by Gasteiger charge is -2.26. The van der Waals surface area contributed by atoms with Gasteiger partial charge in [-0.3, -0.25) is 19.0 Å². The number of esters is 1. The highest BCUT2D eigenvalue weighted by molar-refractivity contribution is 5.86. The first-order valence-electron chi connectivity index (χ1n) is 14.1. The number of aromatic nitrogens is 1. The summed E-state index contributed by atoms with van der Waals surface area (Å²) in [5.74, 6) is -3.32.